The molecule has 0 saturated heterocycles. The number of ether oxygens (including phenoxy) is 3. The summed E-state index contributed by atoms with van der Waals surface area (Å²) in [4.78, 5) is 0. The lowest BCUT2D eigenvalue weighted by Crippen LogP contribution is -2.31. The first kappa shape index (κ1) is 13.6. The summed E-state index contributed by atoms with van der Waals surface area (Å²) in [5.74, 6) is 0.837. The van der Waals surface area contributed by atoms with Crippen molar-refractivity contribution in [2.24, 2.45) is 0 Å². The highest BCUT2D eigenvalue weighted by Crippen LogP contribution is 2.33. The molecule has 1 aliphatic heterocycles. The lowest BCUT2D eigenvalue weighted by molar-refractivity contribution is -0.163. The van der Waals surface area contributed by atoms with Crippen LogP contribution in [-0.4, -0.2) is 38.3 Å². The van der Waals surface area contributed by atoms with Crippen LogP contribution in [-0.2, 0) is 22.3 Å². The van der Waals surface area contributed by atoms with Gasteiger partial charge in [0.25, 0.3) is 0 Å². The van der Waals surface area contributed by atoms with E-state index in [0.29, 0.717) is 18.1 Å². The number of fused-ring (bicyclic) bond motifs is 1. The van der Waals surface area contributed by atoms with E-state index < -0.39 is 12.4 Å². The number of halogens is 1. The van der Waals surface area contributed by atoms with Crippen molar-refractivity contribution >= 4 is 11.6 Å². The zero-order valence-electron chi connectivity index (χ0n) is 10.5. The molecule has 4 nitrogen and oxygen atoms in total. The Morgan fingerprint density at radius 2 is 2.11 bits per heavy atom. The van der Waals surface area contributed by atoms with Gasteiger partial charge in [-0.05, 0) is 23.3 Å². The van der Waals surface area contributed by atoms with E-state index in [2.05, 4.69) is 0 Å². The van der Waals surface area contributed by atoms with Crippen LogP contribution in [0.2, 0.25) is 5.02 Å². The number of hydrogen-bond donors (Lipinski definition) is 1. The third kappa shape index (κ3) is 2.78. The van der Waals surface area contributed by atoms with Crippen LogP contribution in [0.3, 0.4) is 0 Å². The van der Waals surface area contributed by atoms with Crippen LogP contribution in [0.5, 0.6) is 5.75 Å². The summed E-state index contributed by atoms with van der Waals surface area (Å²) >= 11 is 6.06. The van der Waals surface area contributed by atoms with Crippen LogP contribution in [0.15, 0.2) is 12.1 Å². The molecule has 0 spiro atoms. The van der Waals surface area contributed by atoms with Gasteiger partial charge in [-0.25, -0.2) is 0 Å². The van der Waals surface area contributed by atoms with Crippen LogP contribution in [0.1, 0.15) is 11.1 Å². The summed E-state index contributed by atoms with van der Waals surface area (Å²) in [5, 5.41) is 10.7. The molecule has 100 valence electrons. The van der Waals surface area contributed by atoms with Gasteiger partial charge in [-0.15, -0.1) is 0 Å². The van der Waals surface area contributed by atoms with Gasteiger partial charge in [-0.1, -0.05) is 11.6 Å². The summed E-state index contributed by atoms with van der Waals surface area (Å²) in [7, 11) is 2.99. The molecule has 2 rings (SSSR count). The summed E-state index contributed by atoms with van der Waals surface area (Å²) < 4.78 is 15.7. The molecule has 1 heterocycles. The molecule has 0 amide bonds. The summed E-state index contributed by atoms with van der Waals surface area (Å²) in [6, 6.07) is 3.72. The van der Waals surface area contributed by atoms with Crippen LogP contribution in [0.4, 0.5) is 0 Å². The van der Waals surface area contributed by atoms with E-state index in [4.69, 9.17) is 25.8 Å². The third-order valence-electron chi connectivity index (χ3n) is 3.03. The first-order valence-electron chi connectivity index (χ1n) is 5.83. The number of benzene rings is 1. The quantitative estimate of drug-likeness (QED) is 0.831. The van der Waals surface area contributed by atoms with Gasteiger partial charge in [-0.2, -0.15) is 0 Å². The van der Waals surface area contributed by atoms with Gasteiger partial charge in [-0.3, -0.25) is 0 Å². The Kier molecular flexibility index (Phi) is 4.45. The number of hydrogen-bond acceptors (Lipinski definition) is 4. The summed E-state index contributed by atoms with van der Waals surface area (Å²) in [6.07, 6.45) is -0.167. The van der Waals surface area contributed by atoms with E-state index in [9.17, 15) is 5.11 Å². The highest BCUT2D eigenvalue weighted by Gasteiger charge is 2.23. The smallest absolute Gasteiger partial charge is 0.183 e. The number of aliphatic hydroxyl groups excluding tert-OH is 1. The Balaban J connectivity index is 2.19. The lowest BCUT2D eigenvalue weighted by atomic mass is 10.0. The van der Waals surface area contributed by atoms with Gasteiger partial charge < -0.3 is 19.3 Å². The molecule has 0 aromatic heterocycles. The van der Waals surface area contributed by atoms with Gasteiger partial charge in [0.05, 0.1) is 6.61 Å². The average molecular weight is 273 g/mol. The standard InChI is InChI=1S/C13H17ClO4/c1-16-13(17-2)11(15)7-9-6-10(14)5-8-3-4-18-12(8)9/h5-6,11,13,15H,3-4,7H2,1-2H3. The molecule has 1 aliphatic rings. The Hall–Kier alpha value is -0.810. The highest BCUT2D eigenvalue weighted by molar-refractivity contribution is 6.30. The number of methoxy groups -OCH3 is 2. The molecule has 1 aromatic rings. The predicted molar refractivity (Wildman–Crippen MR) is 68.2 cm³/mol. The Labute approximate surface area is 111 Å². The third-order valence-corrected chi connectivity index (χ3v) is 3.25. The van der Waals surface area contributed by atoms with Crippen molar-refractivity contribution in [1.82, 2.24) is 0 Å². The van der Waals surface area contributed by atoms with Crippen molar-refractivity contribution in [2.45, 2.75) is 25.2 Å². The topological polar surface area (TPSA) is 47.9 Å². The molecule has 1 N–H and O–H groups in total. The van der Waals surface area contributed by atoms with Crippen molar-refractivity contribution in [3.05, 3.63) is 28.3 Å². The maximum absolute atomic E-state index is 10.0. The Morgan fingerprint density at radius 3 is 2.78 bits per heavy atom. The van der Waals surface area contributed by atoms with E-state index in [1.807, 2.05) is 12.1 Å². The molecular weight excluding hydrogens is 256 g/mol. The average Bonchev–Trinajstić information content (AvgIpc) is 2.78. The first-order valence-corrected chi connectivity index (χ1v) is 6.21. The molecular formula is C13H17ClO4. The minimum absolute atomic E-state index is 0.384. The molecule has 1 aromatic carbocycles. The molecule has 0 bridgehead atoms. The molecule has 1 unspecified atom stereocenters. The molecule has 1 atom stereocenters. The van der Waals surface area contributed by atoms with Crippen LogP contribution < -0.4 is 4.74 Å². The first-order chi connectivity index (χ1) is 8.65. The molecule has 0 radical (unpaired) electrons. The van der Waals surface area contributed by atoms with Crippen molar-refractivity contribution in [3.8, 4) is 5.75 Å². The van der Waals surface area contributed by atoms with E-state index in [1.54, 1.807) is 0 Å². The van der Waals surface area contributed by atoms with E-state index in [-0.39, 0.29) is 0 Å². The highest BCUT2D eigenvalue weighted by atomic mass is 35.5. The SMILES string of the molecule is COC(OC)C(O)Cc1cc(Cl)cc2c1OCC2. The Bertz CT molecular complexity index is 418. The van der Waals surface area contributed by atoms with Gasteiger partial charge in [0, 0.05) is 32.1 Å². The zero-order chi connectivity index (χ0) is 13.1. The fourth-order valence-electron chi connectivity index (χ4n) is 2.23. The van der Waals surface area contributed by atoms with Crippen molar-refractivity contribution in [1.29, 1.82) is 0 Å². The number of rotatable bonds is 5. The monoisotopic (exact) mass is 272 g/mol. The number of aliphatic hydroxyl groups is 1. The van der Waals surface area contributed by atoms with Gasteiger partial charge in [0.15, 0.2) is 6.29 Å². The van der Waals surface area contributed by atoms with Gasteiger partial charge in [0.2, 0.25) is 0 Å². The fourth-order valence-corrected chi connectivity index (χ4v) is 2.49. The fraction of sp³-hybridized carbons (Fsp3) is 0.538. The minimum Gasteiger partial charge on any atom is -0.493 e. The Morgan fingerprint density at radius 1 is 1.39 bits per heavy atom. The van der Waals surface area contributed by atoms with E-state index in [1.165, 1.54) is 14.2 Å². The minimum atomic E-state index is -0.758. The largest absolute Gasteiger partial charge is 0.493 e. The second-order valence-electron chi connectivity index (χ2n) is 4.26. The molecule has 5 heteroatoms. The molecule has 0 fully saturated rings. The van der Waals surface area contributed by atoms with E-state index >= 15 is 0 Å². The van der Waals surface area contributed by atoms with Crippen LogP contribution >= 0.6 is 11.6 Å². The normalized spacial score (nSPS) is 15.6. The zero-order valence-corrected chi connectivity index (χ0v) is 11.2. The predicted octanol–water partition coefficient (Wildman–Crippen LogP) is 1.80. The van der Waals surface area contributed by atoms with Gasteiger partial charge in [0.1, 0.15) is 11.9 Å². The van der Waals surface area contributed by atoms with Crippen molar-refractivity contribution < 1.29 is 19.3 Å². The second-order valence-corrected chi connectivity index (χ2v) is 4.70. The molecule has 0 aliphatic carbocycles. The van der Waals surface area contributed by atoms with Crippen molar-refractivity contribution in [3.63, 3.8) is 0 Å². The molecule has 0 saturated carbocycles. The second kappa shape index (κ2) is 5.89. The summed E-state index contributed by atoms with van der Waals surface area (Å²) in [5.41, 5.74) is 1.98. The molecule has 18 heavy (non-hydrogen) atoms. The lowest BCUT2D eigenvalue weighted by Gasteiger charge is -2.20. The maximum atomic E-state index is 10.0. The van der Waals surface area contributed by atoms with Crippen molar-refractivity contribution in [2.75, 3.05) is 20.8 Å². The maximum Gasteiger partial charge on any atom is 0.183 e. The van der Waals surface area contributed by atoms with E-state index in [0.717, 1.165) is 23.3 Å². The van der Waals surface area contributed by atoms with Crippen LogP contribution in [0.25, 0.3) is 0 Å². The van der Waals surface area contributed by atoms with Crippen LogP contribution in [0, 0.1) is 0 Å². The summed E-state index contributed by atoms with van der Waals surface area (Å²) in [6.45, 7) is 0.663. The van der Waals surface area contributed by atoms with Gasteiger partial charge >= 0.3 is 0 Å².